The third kappa shape index (κ3) is 47.5. The summed E-state index contributed by atoms with van der Waals surface area (Å²) in [4.78, 5) is 37.9. The lowest BCUT2D eigenvalue weighted by molar-refractivity contribution is -0.167. The van der Waals surface area contributed by atoms with Gasteiger partial charge in [-0.3, -0.25) is 14.4 Å². The van der Waals surface area contributed by atoms with Crippen LogP contribution in [0.3, 0.4) is 0 Å². The Morgan fingerprint density at radius 1 is 0.361 bits per heavy atom. The van der Waals surface area contributed by atoms with Gasteiger partial charge in [-0.1, -0.05) is 202 Å². The molecule has 0 radical (unpaired) electrons. The van der Waals surface area contributed by atoms with Crippen molar-refractivity contribution in [2.75, 3.05) is 13.2 Å². The average Bonchev–Trinajstić information content (AvgIpc) is 3.26. The lowest BCUT2D eigenvalue weighted by Crippen LogP contribution is -2.30. The van der Waals surface area contributed by atoms with Gasteiger partial charge in [0.15, 0.2) is 6.10 Å². The van der Waals surface area contributed by atoms with Crippen LogP contribution in [-0.4, -0.2) is 37.2 Å². The highest BCUT2D eigenvalue weighted by Gasteiger charge is 2.19. The maximum absolute atomic E-state index is 12.8. The van der Waals surface area contributed by atoms with Gasteiger partial charge in [-0.15, -0.1) is 0 Å². The van der Waals surface area contributed by atoms with Crippen molar-refractivity contribution in [2.45, 2.75) is 232 Å². The second-order valence-electron chi connectivity index (χ2n) is 16.4. The van der Waals surface area contributed by atoms with Gasteiger partial charge in [-0.05, 0) is 89.9 Å². The Bertz CT molecular complexity index is 1200. The number of allylic oxidation sites excluding steroid dienone is 14. The molecule has 0 aliphatic rings. The second-order valence-corrected chi connectivity index (χ2v) is 16.4. The molecule has 0 amide bonds. The molecular weight excluding hydrogens is 757 g/mol. The van der Waals surface area contributed by atoms with Crippen molar-refractivity contribution in [1.82, 2.24) is 0 Å². The van der Waals surface area contributed by atoms with Crippen molar-refractivity contribution < 1.29 is 28.6 Å². The largest absolute Gasteiger partial charge is 0.462 e. The fourth-order valence-corrected chi connectivity index (χ4v) is 6.70. The predicted molar refractivity (Wildman–Crippen MR) is 261 cm³/mol. The van der Waals surface area contributed by atoms with Crippen molar-refractivity contribution in [3.63, 3.8) is 0 Å². The summed E-state index contributed by atoms with van der Waals surface area (Å²) in [5.41, 5.74) is 0. The first kappa shape index (κ1) is 57.6. The van der Waals surface area contributed by atoms with E-state index in [9.17, 15) is 14.4 Å². The summed E-state index contributed by atoms with van der Waals surface area (Å²) in [6, 6.07) is 0. The van der Waals surface area contributed by atoms with E-state index < -0.39 is 6.10 Å². The Morgan fingerprint density at radius 2 is 0.721 bits per heavy atom. The summed E-state index contributed by atoms with van der Waals surface area (Å²) >= 11 is 0. The van der Waals surface area contributed by atoms with E-state index in [-0.39, 0.29) is 31.1 Å². The van der Waals surface area contributed by atoms with E-state index in [4.69, 9.17) is 14.2 Å². The summed E-state index contributed by atoms with van der Waals surface area (Å²) < 4.78 is 16.7. The molecule has 0 aliphatic carbocycles. The first-order chi connectivity index (χ1) is 30.0. The molecule has 0 bridgehead atoms. The van der Waals surface area contributed by atoms with E-state index in [0.29, 0.717) is 19.3 Å². The number of carbonyl (C=O) groups is 3. The van der Waals surface area contributed by atoms with Crippen molar-refractivity contribution >= 4 is 17.9 Å². The topological polar surface area (TPSA) is 78.9 Å². The van der Waals surface area contributed by atoms with Crippen molar-refractivity contribution in [1.29, 1.82) is 0 Å². The highest BCUT2D eigenvalue weighted by Crippen LogP contribution is 2.14. The fourth-order valence-electron chi connectivity index (χ4n) is 6.70. The molecule has 0 heterocycles. The number of hydrogen-bond acceptors (Lipinski definition) is 6. The van der Waals surface area contributed by atoms with E-state index in [0.717, 1.165) is 116 Å². The van der Waals surface area contributed by atoms with E-state index in [1.54, 1.807) is 0 Å². The number of hydrogen-bond donors (Lipinski definition) is 0. The minimum atomic E-state index is -0.799. The Kier molecular flexibility index (Phi) is 46.5. The molecule has 0 spiro atoms. The van der Waals surface area contributed by atoms with Gasteiger partial charge in [0.2, 0.25) is 0 Å². The highest BCUT2D eigenvalue weighted by atomic mass is 16.6. The molecule has 0 aromatic carbocycles. The maximum atomic E-state index is 12.8. The van der Waals surface area contributed by atoms with E-state index in [1.165, 1.54) is 70.6 Å². The Labute approximate surface area is 375 Å². The summed E-state index contributed by atoms with van der Waals surface area (Å²) in [7, 11) is 0. The first-order valence-corrected chi connectivity index (χ1v) is 25.1. The second kappa shape index (κ2) is 49.2. The third-order valence-corrected chi connectivity index (χ3v) is 10.5. The minimum Gasteiger partial charge on any atom is -0.462 e. The standard InChI is InChI=1S/C55H92O6/c1-4-7-10-13-16-19-22-25-27-28-31-33-36-39-42-45-48-54(57)60-51-52(50-59-53(56)47-44-41-38-35-32-29-24-21-18-15-12-9-6-3)61-55(58)49-46-43-40-37-34-30-26-23-20-17-14-11-8-5-2/h8-9,11-12,15,17-18,20-21,24,27-28,31,33,52H,4-7,10,13-14,16,19,22-23,25-26,29-30,32,34-51H2,1-3H3/b11-8+,12-9+,18-15+,20-17+,24-21+,28-27+,33-31+. The molecule has 1 unspecified atom stereocenters. The molecule has 1 atom stereocenters. The van der Waals surface area contributed by atoms with Gasteiger partial charge in [0.05, 0.1) is 0 Å². The Morgan fingerprint density at radius 3 is 1.20 bits per heavy atom. The lowest BCUT2D eigenvalue weighted by Gasteiger charge is -2.18. The number of unbranched alkanes of at least 4 members (excludes halogenated alkanes) is 22. The molecule has 61 heavy (non-hydrogen) atoms. The highest BCUT2D eigenvalue weighted by molar-refractivity contribution is 5.71. The maximum Gasteiger partial charge on any atom is 0.306 e. The van der Waals surface area contributed by atoms with Gasteiger partial charge < -0.3 is 14.2 Å². The molecule has 0 aromatic rings. The van der Waals surface area contributed by atoms with Crippen LogP contribution in [0.5, 0.6) is 0 Å². The van der Waals surface area contributed by atoms with Crippen LogP contribution in [0.25, 0.3) is 0 Å². The van der Waals surface area contributed by atoms with Gasteiger partial charge in [0.25, 0.3) is 0 Å². The van der Waals surface area contributed by atoms with Gasteiger partial charge in [0, 0.05) is 19.3 Å². The molecule has 0 fully saturated rings. The van der Waals surface area contributed by atoms with Crippen LogP contribution in [0.1, 0.15) is 226 Å². The normalized spacial score (nSPS) is 12.8. The molecule has 0 saturated heterocycles. The Hall–Kier alpha value is -3.41. The van der Waals surface area contributed by atoms with Crippen LogP contribution in [0.15, 0.2) is 85.1 Å². The molecule has 6 heteroatoms. The molecule has 0 aliphatic heterocycles. The summed E-state index contributed by atoms with van der Waals surface area (Å²) in [5.74, 6) is -0.956. The summed E-state index contributed by atoms with van der Waals surface area (Å²) in [6.45, 7) is 6.34. The molecule has 0 N–H and O–H groups in total. The minimum absolute atomic E-state index is 0.0999. The predicted octanol–water partition coefficient (Wildman–Crippen LogP) is 16.4. The number of esters is 3. The van der Waals surface area contributed by atoms with Crippen LogP contribution >= 0.6 is 0 Å². The third-order valence-electron chi connectivity index (χ3n) is 10.5. The van der Waals surface area contributed by atoms with Crippen molar-refractivity contribution in [3.8, 4) is 0 Å². The van der Waals surface area contributed by atoms with E-state index in [2.05, 4.69) is 106 Å². The van der Waals surface area contributed by atoms with Crippen LogP contribution < -0.4 is 0 Å². The summed E-state index contributed by atoms with van der Waals surface area (Å²) in [6.07, 6.45) is 62.8. The zero-order valence-corrected chi connectivity index (χ0v) is 39.7. The fraction of sp³-hybridized carbons (Fsp3) is 0.691. The summed E-state index contributed by atoms with van der Waals surface area (Å²) in [5, 5.41) is 0. The first-order valence-electron chi connectivity index (χ1n) is 25.1. The smallest absolute Gasteiger partial charge is 0.306 e. The average molecular weight is 849 g/mol. The number of carbonyl (C=O) groups excluding carboxylic acids is 3. The van der Waals surface area contributed by atoms with E-state index in [1.807, 2.05) is 0 Å². The molecular formula is C55H92O6. The van der Waals surface area contributed by atoms with Crippen LogP contribution in [0.2, 0.25) is 0 Å². The molecule has 0 rings (SSSR count). The van der Waals surface area contributed by atoms with Crippen LogP contribution in [0, 0.1) is 0 Å². The van der Waals surface area contributed by atoms with Crippen LogP contribution in [0.4, 0.5) is 0 Å². The van der Waals surface area contributed by atoms with Crippen molar-refractivity contribution in [2.24, 2.45) is 0 Å². The van der Waals surface area contributed by atoms with Gasteiger partial charge >= 0.3 is 17.9 Å². The van der Waals surface area contributed by atoms with Gasteiger partial charge in [0.1, 0.15) is 13.2 Å². The zero-order valence-electron chi connectivity index (χ0n) is 39.7. The zero-order chi connectivity index (χ0) is 44.4. The van der Waals surface area contributed by atoms with E-state index >= 15 is 0 Å². The van der Waals surface area contributed by atoms with Gasteiger partial charge in [-0.25, -0.2) is 0 Å². The molecule has 0 aromatic heterocycles. The molecule has 0 saturated carbocycles. The Balaban J connectivity index is 4.47. The quantitative estimate of drug-likeness (QED) is 0.0200. The monoisotopic (exact) mass is 849 g/mol. The number of ether oxygens (including phenoxy) is 3. The van der Waals surface area contributed by atoms with Crippen LogP contribution in [-0.2, 0) is 28.6 Å². The van der Waals surface area contributed by atoms with Crippen molar-refractivity contribution in [3.05, 3.63) is 85.1 Å². The lowest BCUT2D eigenvalue weighted by atomic mass is 10.1. The number of rotatable bonds is 44. The molecule has 348 valence electrons. The molecule has 6 nitrogen and oxygen atoms in total. The SMILES string of the molecule is CC/C=C/C=C/C=C/CCCCCCCC(=O)OCC(COC(=O)CCCCC/C=C/C=C/CCCCCCCCC)OC(=O)CCCCCCCCC/C=C/C/C=C/CC. The van der Waals surface area contributed by atoms with Gasteiger partial charge in [-0.2, -0.15) is 0 Å².